The second-order valence-electron chi connectivity index (χ2n) is 13.4. The molecule has 6 heterocycles. The quantitative estimate of drug-likeness (QED) is 0.175. The average Bonchev–Trinajstić information content (AvgIpc) is 3.72. The van der Waals surface area contributed by atoms with Crippen LogP contribution in [0, 0.1) is 11.7 Å². The number of nitrogens with one attached hydrogen (secondary N) is 3. The predicted octanol–water partition coefficient (Wildman–Crippen LogP) is 4.64. The molecule has 3 aromatic heterocycles. The number of pyridine rings is 1. The molecule has 3 aliphatic heterocycles. The van der Waals surface area contributed by atoms with Gasteiger partial charge in [-0.3, -0.25) is 29.6 Å². The van der Waals surface area contributed by atoms with Crippen LogP contribution >= 0.6 is 11.6 Å². The lowest BCUT2D eigenvalue weighted by Crippen LogP contribution is -2.41. The van der Waals surface area contributed by atoms with E-state index in [1.165, 1.54) is 6.20 Å². The van der Waals surface area contributed by atoms with Crippen molar-refractivity contribution in [1.29, 1.82) is 0 Å². The zero-order chi connectivity index (χ0) is 33.4. The number of Topliss-reactive ketones (excluding diaryl/α,β-unsaturated/α-hetero) is 1. The number of ketones is 1. The molecule has 7 rings (SSSR count). The van der Waals surface area contributed by atoms with Gasteiger partial charge >= 0.3 is 0 Å². The fourth-order valence-electron chi connectivity index (χ4n) is 7.72. The molecular weight excluding hydrogens is 644 g/mol. The molecule has 2 unspecified atom stereocenters. The molecule has 1 aromatic carbocycles. The highest BCUT2D eigenvalue weighted by atomic mass is 35.5. The molecule has 0 radical (unpaired) electrons. The molecule has 3 aliphatic rings. The van der Waals surface area contributed by atoms with E-state index in [2.05, 4.69) is 35.4 Å². The third-order valence-electron chi connectivity index (χ3n) is 10.2. The molecule has 256 valence electrons. The number of carbonyl (C=O) groups is 1. The van der Waals surface area contributed by atoms with Gasteiger partial charge in [0.2, 0.25) is 0 Å². The SMILES string of the molecule is O=C(CCCCc1c(Cl)cc2[nH]ncc2c1-c1ncc2c(=O)[nH]c(OC3CC[C@@H](F)CN4CCC[C@H]34)nc2c1F)C(O)[C@@H]1CCCNC1. The Morgan fingerprint density at radius 3 is 2.88 bits per heavy atom. The standard InChI is InChI=1S/C34H40ClF2N7O4/c35-23-13-24-21(16-40-43-24)28(20(23)6-1-2-8-26(45)32(46)18-5-3-11-38-14-18)31-29(37)30-22(15-39-31)33(47)42-34(41-30)48-27-10-9-19(36)17-44-12-4-7-25(27)44/h13,15-16,18-19,25,27,32,38,46H,1-12,14,17H2,(H,40,43)(H,41,42,47)/t18-,19-,25-,27?,32?/m1/s1. The van der Waals surface area contributed by atoms with Crippen LogP contribution in [0.25, 0.3) is 33.1 Å². The Balaban J connectivity index is 1.16. The smallest absolute Gasteiger partial charge is 0.297 e. The van der Waals surface area contributed by atoms with Gasteiger partial charge in [-0.1, -0.05) is 11.6 Å². The monoisotopic (exact) mass is 683 g/mol. The predicted molar refractivity (Wildman–Crippen MR) is 178 cm³/mol. The number of rotatable bonds is 10. The summed E-state index contributed by atoms with van der Waals surface area (Å²) < 4.78 is 37.2. The maximum Gasteiger partial charge on any atom is 0.297 e. The van der Waals surface area contributed by atoms with Crippen LogP contribution in [-0.4, -0.2) is 91.5 Å². The van der Waals surface area contributed by atoms with E-state index in [0.29, 0.717) is 72.2 Å². The van der Waals surface area contributed by atoms with Crippen molar-refractivity contribution in [3.63, 3.8) is 0 Å². The number of carbonyl (C=O) groups excluding carboxylic acids is 1. The minimum Gasteiger partial charge on any atom is -0.460 e. The number of aromatic amines is 2. The van der Waals surface area contributed by atoms with Gasteiger partial charge < -0.3 is 15.2 Å². The Morgan fingerprint density at radius 2 is 2.04 bits per heavy atom. The number of hydrogen-bond donors (Lipinski definition) is 4. The van der Waals surface area contributed by atoms with E-state index in [0.717, 1.165) is 38.8 Å². The van der Waals surface area contributed by atoms with Gasteiger partial charge in [0, 0.05) is 53.6 Å². The largest absolute Gasteiger partial charge is 0.460 e. The van der Waals surface area contributed by atoms with Crippen LogP contribution in [-0.2, 0) is 11.2 Å². The lowest BCUT2D eigenvalue weighted by atomic mass is 9.89. The first-order valence-corrected chi connectivity index (χ1v) is 17.4. The number of nitrogens with zero attached hydrogens (tertiary/aromatic N) is 4. The van der Waals surface area contributed by atoms with Gasteiger partial charge in [0.05, 0.1) is 17.1 Å². The Bertz CT molecular complexity index is 1860. The summed E-state index contributed by atoms with van der Waals surface area (Å²) in [5, 5.41) is 21.8. The maximum absolute atomic E-state index is 16.6. The number of benzene rings is 1. The van der Waals surface area contributed by atoms with E-state index in [1.54, 1.807) is 12.3 Å². The molecule has 3 saturated heterocycles. The lowest BCUT2D eigenvalue weighted by Gasteiger charge is -2.28. The molecule has 5 atom stereocenters. The van der Waals surface area contributed by atoms with Crippen LogP contribution < -0.4 is 15.6 Å². The van der Waals surface area contributed by atoms with Crippen LogP contribution in [0.2, 0.25) is 5.02 Å². The van der Waals surface area contributed by atoms with E-state index in [1.807, 2.05) is 0 Å². The molecule has 11 nitrogen and oxygen atoms in total. The third kappa shape index (κ3) is 6.57. The van der Waals surface area contributed by atoms with Gasteiger partial charge in [0.15, 0.2) is 11.6 Å². The number of aliphatic hydroxyl groups excluding tert-OH is 1. The highest BCUT2D eigenvalue weighted by molar-refractivity contribution is 6.33. The van der Waals surface area contributed by atoms with Crippen molar-refractivity contribution in [1.82, 2.24) is 35.4 Å². The third-order valence-corrected chi connectivity index (χ3v) is 10.6. The molecule has 48 heavy (non-hydrogen) atoms. The molecule has 0 amide bonds. The van der Waals surface area contributed by atoms with Gasteiger partial charge in [0.1, 0.15) is 29.6 Å². The first-order valence-electron chi connectivity index (χ1n) is 17.0. The van der Waals surface area contributed by atoms with Crippen LogP contribution in [0.5, 0.6) is 6.01 Å². The molecule has 0 spiro atoms. The maximum atomic E-state index is 16.6. The Labute approximate surface area is 280 Å². The van der Waals surface area contributed by atoms with Crippen LogP contribution in [0.1, 0.15) is 63.4 Å². The summed E-state index contributed by atoms with van der Waals surface area (Å²) in [5.41, 5.74) is 0.811. The lowest BCUT2D eigenvalue weighted by molar-refractivity contribution is -0.130. The Hall–Kier alpha value is -3.52. The van der Waals surface area contributed by atoms with Gasteiger partial charge in [0.25, 0.3) is 11.6 Å². The van der Waals surface area contributed by atoms with Crippen molar-refractivity contribution in [2.24, 2.45) is 5.92 Å². The van der Waals surface area contributed by atoms with Gasteiger partial charge in [-0.05, 0) is 82.5 Å². The normalized spacial score (nSPS) is 24.1. The van der Waals surface area contributed by atoms with E-state index in [-0.39, 0.29) is 46.8 Å². The Morgan fingerprint density at radius 1 is 1.17 bits per heavy atom. The summed E-state index contributed by atoms with van der Waals surface area (Å²) >= 11 is 6.77. The average molecular weight is 684 g/mol. The topological polar surface area (TPSA) is 149 Å². The number of unbranched alkanes of at least 4 members (excludes halogenated alkanes) is 1. The minimum absolute atomic E-state index is 0.00387. The molecule has 0 aliphatic carbocycles. The number of fused-ring (bicyclic) bond motifs is 3. The minimum atomic E-state index is -0.986. The summed E-state index contributed by atoms with van der Waals surface area (Å²) in [7, 11) is 0. The van der Waals surface area contributed by atoms with Gasteiger partial charge in [-0.15, -0.1) is 0 Å². The number of halogens is 3. The van der Waals surface area contributed by atoms with Crippen LogP contribution in [0.15, 0.2) is 23.3 Å². The van der Waals surface area contributed by atoms with Crippen molar-refractivity contribution < 1.29 is 23.4 Å². The zero-order valence-corrected chi connectivity index (χ0v) is 27.4. The van der Waals surface area contributed by atoms with Crippen LogP contribution in [0.3, 0.4) is 0 Å². The zero-order valence-electron chi connectivity index (χ0n) is 26.6. The molecule has 0 saturated carbocycles. The van der Waals surface area contributed by atoms with Crippen molar-refractivity contribution in [2.45, 2.75) is 88.6 Å². The fraction of sp³-hybridized carbons (Fsp3) is 0.559. The van der Waals surface area contributed by atoms with Gasteiger partial charge in [-0.25, -0.2) is 8.78 Å². The van der Waals surface area contributed by atoms with E-state index in [9.17, 15) is 19.1 Å². The van der Waals surface area contributed by atoms with Gasteiger partial charge in [-0.2, -0.15) is 10.1 Å². The highest BCUT2D eigenvalue weighted by Gasteiger charge is 2.38. The number of H-pyrrole nitrogens is 2. The molecule has 4 aromatic rings. The molecule has 4 N–H and O–H groups in total. The second-order valence-corrected chi connectivity index (χ2v) is 13.8. The van der Waals surface area contributed by atoms with Crippen molar-refractivity contribution in [3.8, 4) is 17.3 Å². The summed E-state index contributed by atoms with van der Waals surface area (Å²) in [6, 6.07) is 1.60. The molecule has 14 heteroatoms. The number of piperidine rings is 1. The molecular formula is C34H40ClF2N7O4. The van der Waals surface area contributed by atoms with E-state index in [4.69, 9.17) is 16.3 Å². The summed E-state index contributed by atoms with van der Waals surface area (Å²) in [5.74, 6) is -1.05. The van der Waals surface area contributed by atoms with Crippen molar-refractivity contribution >= 4 is 39.2 Å². The summed E-state index contributed by atoms with van der Waals surface area (Å²) in [6.07, 6.45) is 6.58. The number of hydrogen-bond acceptors (Lipinski definition) is 9. The summed E-state index contributed by atoms with van der Waals surface area (Å²) in [6.45, 7) is 2.68. The van der Waals surface area contributed by atoms with Crippen LogP contribution in [0.4, 0.5) is 8.78 Å². The number of aromatic nitrogens is 5. The first kappa shape index (κ1) is 33.0. The molecule has 0 bridgehead atoms. The first-order chi connectivity index (χ1) is 23.3. The van der Waals surface area contributed by atoms with E-state index < -0.39 is 29.8 Å². The fourth-order valence-corrected chi connectivity index (χ4v) is 8.01. The number of alkyl halides is 1. The number of aliphatic hydroxyl groups is 1. The number of ether oxygens (including phenoxy) is 1. The van der Waals surface area contributed by atoms with E-state index >= 15 is 4.39 Å². The second kappa shape index (κ2) is 14.1. The highest BCUT2D eigenvalue weighted by Crippen LogP contribution is 2.39. The van der Waals surface area contributed by atoms with Crippen molar-refractivity contribution in [2.75, 3.05) is 26.2 Å². The Kier molecular flexibility index (Phi) is 9.72. The molecule has 3 fully saturated rings. The summed E-state index contributed by atoms with van der Waals surface area (Å²) in [4.78, 5) is 39.4. The van der Waals surface area contributed by atoms with Crippen molar-refractivity contribution in [3.05, 3.63) is 45.2 Å².